The average Bonchev–Trinajstić information content (AvgIpc) is 3.38. The molecule has 0 aliphatic heterocycles. The minimum absolute atomic E-state index is 0.0766. The molecule has 0 radical (unpaired) electrons. The first-order chi connectivity index (χ1) is 15.1. The Kier molecular flexibility index (Phi) is 5.79. The Bertz CT molecular complexity index is 1340. The summed E-state index contributed by atoms with van der Waals surface area (Å²) in [5.74, 6) is 0.673. The van der Waals surface area contributed by atoms with Crippen molar-refractivity contribution in [2.24, 2.45) is 0 Å². The SMILES string of the molecule is [C-]#[N+]C(=Cc1ccc(-c2sc(-c3ccc(C=C(C#N)C#N)cc3)cc2C2CC2)s1)[N+]#[C-]. The molecule has 1 fully saturated rings. The number of thiophene rings is 2. The van der Waals surface area contributed by atoms with Gasteiger partial charge in [-0.1, -0.05) is 24.3 Å². The fourth-order valence-corrected chi connectivity index (χ4v) is 5.53. The summed E-state index contributed by atoms with van der Waals surface area (Å²) in [5.41, 5.74) is 3.38. The van der Waals surface area contributed by atoms with Gasteiger partial charge < -0.3 is 0 Å². The Morgan fingerprint density at radius 3 is 2.26 bits per heavy atom. The van der Waals surface area contributed by atoms with Crippen LogP contribution in [0.2, 0.25) is 0 Å². The van der Waals surface area contributed by atoms with Gasteiger partial charge in [-0.15, -0.1) is 22.7 Å². The van der Waals surface area contributed by atoms with Gasteiger partial charge in [0.1, 0.15) is 30.9 Å². The minimum Gasteiger partial charge on any atom is -0.192 e. The lowest BCUT2D eigenvalue weighted by Gasteiger charge is -1.98. The topological polar surface area (TPSA) is 56.3 Å². The van der Waals surface area contributed by atoms with E-state index in [1.54, 1.807) is 34.8 Å². The van der Waals surface area contributed by atoms with Crippen molar-refractivity contribution in [2.75, 3.05) is 0 Å². The maximum Gasteiger partial charge on any atom is 0.520 e. The molecule has 6 heteroatoms. The molecule has 1 aliphatic carbocycles. The Labute approximate surface area is 188 Å². The summed E-state index contributed by atoms with van der Waals surface area (Å²) < 4.78 is 0. The van der Waals surface area contributed by atoms with Gasteiger partial charge >= 0.3 is 5.82 Å². The Morgan fingerprint density at radius 2 is 1.65 bits per heavy atom. The lowest BCUT2D eigenvalue weighted by molar-refractivity contribution is 1.15. The van der Waals surface area contributed by atoms with Crippen LogP contribution in [0.25, 0.3) is 42.0 Å². The molecule has 1 aromatic carbocycles. The molecular formula is C25H14N4S2. The largest absolute Gasteiger partial charge is 0.520 e. The normalized spacial score (nSPS) is 12.0. The standard InChI is InChI=1S/C25H14N4S2/c1-28-24(29-2)12-20-9-10-22(30-20)25-21(18-7-8-18)13-23(31-25)19-5-3-16(4-6-19)11-17(14-26)15-27/h3-6,9-13,18H,7-8H2. The quantitative estimate of drug-likeness (QED) is 0.307. The molecule has 3 aromatic rings. The summed E-state index contributed by atoms with van der Waals surface area (Å²) >= 11 is 3.36. The molecule has 2 aromatic heterocycles. The molecule has 4 rings (SSSR count). The van der Waals surface area contributed by atoms with E-state index in [2.05, 4.69) is 21.8 Å². The summed E-state index contributed by atoms with van der Waals surface area (Å²) in [6, 6.07) is 18.0. The van der Waals surface area contributed by atoms with Crippen LogP contribution >= 0.6 is 22.7 Å². The fraction of sp³-hybridized carbons (Fsp3) is 0.120. The van der Waals surface area contributed by atoms with Crippen LogP contribution in [0.3, 0.4) is 0 Å². The number of nitrogens with zero attached hydrogens (tertiary/aromatic N) is 4. The molecule has 0 saturated heterocycles. The first-order valence-electron chi connectivity index (χ1n) is 9.48. The molecule has 0 N–H and O–H groups in total. The first kappa shape index (κ1) is 20.3. The van der Waals surface area contributed by atoms with Crippen LogP contribution in [-0.4, -0.2) is 0 Å². The van der Waals surface area contributed by atoms with Gasteiger partial charge in [-0.25, -0.2) is 0 Å². The summed E-state index contributed by atoms with van der Waals surface area (Å²) in [7, 11) is 0. The molecule has 0 spiro atoms. The van der Waals surface area contributed by atoms with Crippen molar-refractivity contribution in [3.63, 3.8) is 0 Å². The molecule has 0 atom stereocenters. The van der Waals surface area contributed by atoms with E-state index in [0.717, 1.165) is 20.9 Å². The monoisotopic (exact) mass is 434 g/mol. The van der Waals surface area contributed by atoms with Crippen LogP contribution in [0, 0.1) is 35.8 Å². The van der Waals surface area contributed by atoms with Gasteiger partial charge in [0.25, 0.3) is 0 Å². The van der Waals surface area contributed by atoms with Crippen molar-refractivity contribution >= 4 is 34.8 Å². The first-order valence-corrected chi connectivity index (χ1v) is 11.1. The molecule has 2 heterocycles. The number of benzene rings is 1. The predicted octanol–water partition coefficient (Wildman–Crippen LogP) is 7.59. The second-order valence-corrected chi connectivity index (χ2v) is 9.17. The van der Waals surface area contributed by atoms with Crippen LogP contribution in [0.4, 0.5) is 0 Å². The molecule has 4 nitrogen and oxygen atoms in total. The molecule has 0 bridgehead atoms. The minimum atomic E-state index is 0.0766. The predicted molar refractivity (Wildman–Crippen MR) is 125 cm³/mol. The smallest absolute Gasteiger partial charge is 0.192 e. The third kappa shape index (κ3) is 4.48. The van der Waals surface area contributed by atoms with Crippen molar-refractivity contribution in [3.8, 4) is 32.3 Å². The van der Waals surface area contributed by atoms with Gasteiger partial charge in [-0.05, 0) is 59.7 Å². The maximum atomic E-state index is 8.93. The van der Waals surface area contributed by atoms with Crippen molar-refractivity contribution in [1.29, 1.82) is 10.5 Å². The highest BCUT2D eigenvalue weighted by atomic mass is 32.1. The zero-order valence-electron chi connectivity index (χ0n) is 16.3. The van der Waals surface area contributed by atoms with E-state index in [0.29, 0.717) is 5.92 Å². The highest BCUT2D eigenvalue weighted by Crippen LogP contribution is 2.51. The Morgan fingerprint density at radius 1 is 0.935 bits per heavy atom. The van der Waals surface area contributed by atoms with Gasteiger partial charge in [-0.2, -0.15) is 20.2 Å². The van der Waals surface area contributed by atoms with Crippen LogP contribution < -0.4 is 0 Å². The Hall–Kier alpha value is -3.94. The van der Waals surface area contributed by atoms with E-state index < -0.39 is 0 Å². The van der Waals surface area contributed by atoms with E-state index in [-0.39, 0.29) is 11.4 Å². The summed E-state index contributed by atoms with van der Waals surface area (Å²) in [4.78, 5) is 11.0. The van der Waals surface area contributed by atoms with Crippen LogP contribution in [0.15, 0.2) is 53.9 Å². The molecular weight excluding hydrogens is 420 g/mol. The van der Waals surface area contributed by atoms with E-state index >= 15 is 0 Å². The van der Waals surface area contributed by atoms with E-state index in [1.807, 2.05) is 42.5 Å². The van der Waals surface area contributed by atoms with Crippen LogP contribution in [0.5, 0.6) is 0 Å². The molecule has 146 valence electrons. The van der Waals surface area contributed by atoms with Gasteiger partial charge in [0, 0.05) is 25.6 Å². The number of hydrogen-bond donors (Lipinski definition) is 0. The zero-order valence-corrected chi connectivity index (χ0v) is 17.9. The van der Waals surface area contributed by atoms with Gasteiger partial charge in [0.2, 0.25) is 0 Å². The van der Waals surface area contributed by atoms with Crippen molar-refractivity contribution in [2.45, 2.75) is 18.8 Å². The van der Waals surface area contributed by atoms with E-state index in [1.165, 1.54) is 28.2 Å². The second kappa shape index (κ2) is 8.83. The summed E-state index contributed by atoms with van der Waals surface area (Å²) in [6.07, 6.45) is 5.63. The molecule has 1 aliphatic rings. The summed E-state index contributed by atoms with van der Waals surface area (Å²) in [5, 5.41) is 17.9. The van der Waals surface area contributed by atoms with E-state index in [4.69, 9.17) is 23.7 Å². The van der Waals surface area contributed by atoms with Crippen molar-refractivity contribution in [1.82, 2.24) is 0 Å². The lowest BCUT2D eigenvalue weighted by atomic mass is 10.1. The van der Waals surface area contributed by atoms with Gasteiger partial charge in [-0.3, -0.25) is 0 Å². The van der Waals surface area contributed by atoms with Crippen LogP contribution in [0.1, 0.15) is 34.8 Å². The molecule has 31 heavy (non-hydrogen) atoms. The molecule has 0 unspecified atom stereocenters. The third-order valence-corrected chi connectivity index (χ3v) is 7.29. The molecule has 1 saturated carbocycles. The average molecular weight is 435 g/mol. The summed E-state index contributed by atoms with van der Waals surface area (Å²) in [6.45, 7) is 14.1. The highest BCUT2D eigenvalue weighted by Gasteiger charge is 2.29. The van der Waals surface area contributed by atoms with Gasteiger partial charge in [0.15, 0.2) is 0 Å². The second-order valence-electron chi connectivity index (χ2n) is 7.00. The number of nitriles is 2. The van der Waals surface area contributed by atoms with Crippen LogP contribution in [-0.2, 0) is 0 Å². The Balaban J connectivity index is 1.68. The zero-order chi connectivity index (χ0) is 21.8. The lowest BCUT2D eigenvalue weighted by Crippen LogP contribution is -1.78. The molecule has 0 amide bonds. The van der Waals surface area contributed by atoms with Crippen molar-refractivity contribution < 1.29 is 0 Å². The number of rotatable bonds is 5. The number of allylic oxidation sites excluding steroid dienone is 1. The van der Waals surface area contributed by atoms with Gasteiger partial charge in [0.05, 0.1) is 0 Å². The highest BCUT2D eigenvalue weighted by molar-refractivity contribution is 7.24. The maximum absolute atomic E-state index is 8.93. The van der Waals surface area contributed by atoms with Crippen molar-refractivity contribution in [3.05, 3.63) is 92.7 Å². The fourth-order valence-electron chi connectivity index (χ4n) is 3.21. The number of hydrogen-bond acceptors (Lipinski definition) is 4. The van der Waals surface area contributed by atoms with E-state index in [9.17, 15) is 0 Å². The third-order valence-electron chi connectivity index (χ3n) is 4.88.